The van der Waals surface area contributed by atoms with Crippen molar-refractivity contribution in [1.29, 1.82) is 0 Å². The van der Waals surface area contributed by atoms with Crippen molar-refractivity contribution in [2.75, 3.05) is 11.3 Å². The first-order valence-electron chi connectivity index (χ1n) is 15.2. The highest BCUT2D eigenvalue weighted by molar-refractivity contribution is 7.88. The third kappa shape index (κ3) is 7.79. The fraction of sp³-hybridized carbons (Fsp3) is 0.500. The summed E-state index contributed by atoms with van der Waals surface area (Å²) in [7, 11) is -3.62. The molecule has 0 spiro atoms. The lowest BCUT2D eigenvalue weighted by molar-refractivity contribution is -0.782. The summed E-state index contributed by atoms with van der Waals surface area (Å²) in [5, 5.41) is 18.6. The maximum atomic E-state index is 13.4. The Labute approximate surface area is 261 Å². The molecule has 1 saturated carbocycles. The van der Waals surface area contributed by atoms with Gasteiger partial charge in [0.25, 0.3) is 5.91 Å². The first kappa shape index (κ1) is 33.4. The zero-order valence-corrected chi connectivity index (χ0v) is 27.5. The van der Waals surface area contributed by atoms with E-state index < -0.39 is 28.1 Å². The largest absolute Gasteiger partial charge is 0.397 e. The summed E-state index contributed by atoms with van der Waals surface area (Å²) in [6.45, 7) is 9.91. The van der Waals surface area contributed by atoms with E-state index in [4.69, 9.17) is 11.6 Å². The van der Waals surface area contributed by atoms with Crippen LogP contribution in [0.4, 0.5) is 5.69 Å². The van der Waals surface area contributed by atoms with Gasteiger partial charge in [-0.1, -0.05) is 46.3 Å². The average Bonchev–Trinajstić information content (AvgIpc) is 3.39. The smallest absolute Gasteiger partial charge is 0.255 e. The zero-order valence-electron chi connectivity index (χ0n) is 26.6. The van der Waals surface area contributed by atoms with Crippen LogP contribution in [0.15, 0.2) is 54.0 Å². The Kier molecular flexibility index (Phi) is 10.1. The Morgan fingerprint density at radius 2 is 1.91 bits per heavy atom. The number of aryl methyl sites for hydroxylation is 1. The molecule has 0 aliphatic heterocycles. The highest BCUT2D eigenvalue weighted by atomic mass is 32.2. The molecule has 1 amide bonds. The highest BCUT2D eigenvalue weighted by Gasteiger charge is 2.33. The summed E-state index contributed by atoms with van der Waals surface area (Å²) in [6, 6.07) is 4.64. The SMILES string of the molecule is CCc1c(C(N)=CN(N)c2cc(C(=O)NC3=CC(C(C)(C)C)=CC(NS(C)(=O)=O)C3O)ccc2C)c[nH][n+]1C1CCCCC1. The minimum Gasteiger partial charge on any atom is -0.397 e. The average molecular weight is 627 g/mol. The number of allylic oxidation sites excluding steroid dienone is 2. The molecular weight excluding hydrogens is 578 g/mol. The number of sulfonamides is 1. The molecule has 2 unspecified atom stereocenters. The lowest BCUT2D eigenvalue weighted by Gasteiger charge is -2.32. The van der Waals surface area contributed by atoms with Crippen LogP contribution in [0.1, 0.15) is 93.0 Å². The van der Waals surface area contributed by atoms with Gasteiger partial charge in [0.15, 0.2) is 6.04 Å². The second-order valence-electron chi connectivity index (χ2n) is 12.9. The van der Waals surface area contributed by atoms with Crippen LogP contribution in [-0.4, -0.2) is 42.9 Å². The number of aromatic amines is 1. The third-order valence-electron chi connectivity index (χ3n) is 8.37. The number of hydrogen-bond acceptors (Lipinski definition) is 7. The van der Waals surface area contributed by atoms with Crippen LogP contribution in [0.3, 0.4) is 0 Å². The second kappa shape index (κ2) is 13.3. The molecule has 2 aliphatic carbocycles. The third-order valence-corrected chi connectivity index (χ3v) is 9.07. The van der Waals surface area contributed by atoms with Gasteiger partial charge in [0, 0.05) is 36.7 Å². The van der Waals surface area contributed by atoms with E-state index in [0.717, 1.165) is 47.9 Å². The van der Waals surface area contributed by atoms with E-state index >= 15 is 0 Å². The number of H-pyrrole nitrogens is 1. The maximum Gasteiger partial charge on any atom is 0.255 e. The van der Waals surface area contributed by atoms with Gasteiger partial charge in [0.05, 0.1) is 35.4 Å². The Hall–Kier alpha value is -3.45. The molecule has 0 radical (unpaired) electrons. The predicted molar refractivity (Wildman–Crippen MR) is 173 cm³/mol. The van der Waals surface area contributed by atoms with Gasteiger partial charge in [-0.05, 0) is 54.5 Å². The quantitative estimate of drug-likeness (QED) is 0.141. The first-order chi connectivity index (χ1) is 20.6. The maximum absolute atomic E-state index is 13.4. The fourth-order valence-corrected chi connectivity index (χ4v) is 6.61. The van der Waals surface area contributed by atoms with Crippen LogP contribution in [0.5, 0.6) is 0 Å². The molecular formula is C32H48N7O4S+. The van der Waals surface area contributed by atoms with Crippen LogP contribution in [0, 0.1) is 12.3 Å². The van der Waals surface area contributed by atoms with E-state index in [2.05, 4.69) is 26.7 Å². The number of hydrazine groups is 1. The van der Waals surface area contributed by atoms with Crippen molar-refractivity contribution in [3.05, 3.63) is 76.4 Å². The van der Waals surface area contributed by atoms with Gasteiger partial charge in [-0.25, -0.2) is 19.0 Å². The number of aromatic nitrogens is 2. The van der Waals surface area contributed by atoms with Gasteiger partial charge in [-0.15, -0.1) is 4.68 Å². The number of amides is 1. The van der Waals surface area contributed by atoms with E-state index in [1.165, 1.54) is 24.3 Å². The van der Waals surface area contributed by atoms with Gasteiger partial charge in [0.2, 0.25) is 15.7 Å². The predicted octanol–water partition coefficient (Wildman–Crippen LogP) is 3.19. The number of benzene rings is 1. The van der Waals surface area contributed by atoms with Crippen molar-refractivity contribution in [1.82, 2.24) is 15.1 Å². The lowest BCUT2D eigenvalue weighted by atomic mass is 9.81. The van der Waals surface area contributed by atoms with Crippen LogP contribution in [-0.2, 0) is 16.4 Å². The number of aliphatic hydroxyl groups is 1. The second-order valence-corrected chi connectivity index (χ2v) is 14.7. The number of anilines is 1. The summed E-state index contributed by atoms with van der Waals surface area (Å²) < 4.78 is 28.6. The number of hydrogen-bond donors (Lipinski definition) is 6. The summed E-state index contributed by atoms with van der Waals surface area (Å²) in [5.41, 5.74) is 11.5. The Morgan fingerprint density at radius 1 is 1.23 bits per heavy atom. The van der Waals surface area contributed by atoms with Gasteiger partial charge < -0.3 is 16.2 Å². The van der Waals surface area contributed by atoms with Crippen LogP contribution >= 0.6 is 0 Å². The molecule has 44 heavy (non-hydrogen) atoms. The monoisotopic (exact) mass is 626 g/mol. The van der Waals surface area contributed by atoms with Crippen molar-refractivity contribution >= 4 is 27.3 Å². The normalized spacial score (nSPS) is 20.2. The number of aliphatic hydroxyl groups excluding tert-OH is 1. The number of nitrogens with two attached hydrogens (primary N) is 2. The van der Waals surface area contributed by atoms with Gasteiger partial charge in [0.1, 0.15) is 6.10 Å². The molecule has 1 fully saturated rings. The van der Waals surface area contributed by atoms with Crippen molar-refractivity contribution in [2.45, 2.75) is 91.3 Å². The number of carbonyl (C=O) groups is 1. The van der Waals surface area contributed by atoms with Crippen molar-refractivity contribution in [3.63, 3.8) is 0 Å². The minimum atomic E-state index is -3.62. The lowest BCUT2D eigenvalue weighted by Crippen LogP contribution is -2.47. The molecule has 2 atom stereocenters. The summed E-state index contributed by atoms with van der Waals surface area (Å²) in [5.74, 6) is 6.03. The van der Waals surface area contributed by atoms with Crippen LogP contribution in [0.2, 0.25) is 0 Å². The number of carbonyl (C=O) groups excluding carboxylic acids is 1. The summed E-state index contributed by atoms with van der Waals surface area (Å²) in [6.07, 6.45) is 13.5. The number of nitrogens with one attached hydrogen (secondary N) is 3. The van der Waals surface area contributed by atoms with Crippen molar-refractivity contribution < 1.29 is 23.0 Å². The summed E-state index contributed by atoms with van der Waals surface area (Å²) in [4.78, 5) is 13.4. The Bertz CT molecular complexity index is 1580. The van der Waals surface area contributed by atoms with E-state index in [9.17, 15) is 18.3 Å². The molecule has 0 saturated heterocycles. The van der Waals surface area contributed by atoms with Gasteiger partial charge in [-0.2, -0.15) is 5.10 Å². The highest BCUT2D eigenvalue weighted by Crippen LogP contribution is 2.32. The first-order valence-corrected chi connectivity index (χ1v) is 17.1. The topological polar surface area (TPSA) is 170 Å². The molecule has 240 valence electrons. The number of nitrogens with zero attached hydrogens (tertiary/aromatic N) is 2. The van der Waals surface area contributed by atoms with E-state index in [-0.39, 0.29) is 11.1 Å². The van der Waals surface area contributed by atoms with E-state index in [0.29, 0.717) is 23.0 Å². The van der Waals surface area contributed by atoms with Gasteiger partial charge in [-0.3, -0.25) is 9.80 Å². The standard InChI is InChI=1S/C32H47N7O4S/c1-7-28-24(18-35-39(28)23-11-9-8-10-12-23)25(33)19-38(34)29-15-21(14-13-20(29)2)31(41)36-26-16-22(32(3,4)5)17-27(30(26)40)37-44(6,42)43/h13-19,23,27,30,37,40H,7-12,33-34H2,1-6H3,(H,36,41)/p+1. The van der Waals surface area contributed by atoms with Crippen LogP contribution in [0.25, 0.3) is 5.70 Å². The summed E-state index contributed by atoms with van der Waals surface area (Å²) >= 11 is 0. The van der Waals surface area contributed by atoms with E-state index in [1.54, 1.807) is 36.6 Å². The molecule has 2 aromatic rings. The fourth-order valence-electron chi connectivity index (χ4n) is 5.92. The molecule has 0 bridgehead atoms. The molecule has 1 aromatic carbocycles. The van der Waals surface area contributed by atoms with Crippen molar-refractivity contribution in [3.8, 4) is 0 Å². The molecule has 2 aliphatic rings. The van der Waals surface area contributed by atoms with Gasteiger partial charge >= 0.3 is 0 Å². The molecule has 8 N–H and O–H groups in total. The minimum absolute atomic E-state index is 0.199. The Balaban J connectivity index is 1.57. The Morgan fingerprint density at radius 3 is 2.52 bits per heavy atom. The molecule has 4 rings (SSSR count). The van der Waals surface area contributed by atoms with E-state index in [1.807, 2.05) is 33.9 Å². The molecule has 12 heteroatoms. The molecule has 11 nitrogen and oxygen atoms in total. The molecule has 1 heterocycles. The zero-order chi connectivity index (χ0) is 32.4. The van der Waals surface area contributed by atoms with Crippen molar-refractivity contribution in [2.24, 2.45) is 17.0 Å². The van der Waals surface area contributed by atoms with Crippen LogP contribution < -0.4 is 31.3 Å². The molecule has 1 aromatic heterocycles. The number of rotatable bonds is 9.